The van der Waals surface area contributed by atoms with Crippen molar-refractivity contribution in [3.05, 3.63) is 11.4 Å². The van der Waals surface area contributed by atoms with Crippen LogP contribution in [0.25, 0.3) is 10.7 Å². The maximum absolute atomic E-state index is 11.5. The normalized spacial score (nSPS) is 15.7. The molecule has 7 nitrogen and oxygen atoms in total. The first-order valence-corrected chi connectivity index (χ1v) is 8.04. The van der Waals surface area contributed by atoms with Crippen LogP contribution in [0.1, 0.15) is 18.9 Å². The Morgan fingerprint density at radius 1 is 1.47 bits per heavy atom. The summed E-state index contributed by atoms with van der Waals surface area (Å²) in [5.41, 5.74) is 0. The summed E-state index contributed by atoms with van der Waals surface area (Å²) in [4.78, 5) is 0.761. The lowest BCUT2D eigenvalue weighted by Crippen LogP contribution is -2.18. The fourth-order valence-electron chi connectivity index (χ4n) is 1.91. The molecule has 0 saturated heterocycles. The van der Waals surface area contributed by atoms with Crippen molar-refractivity contribution in [1.82, 2.24) is 14.8 Å². The van der Waals surface area contributed by atoms with E-state index in [2.05, 4.69) is 10.2 Å². The fraction of sp³-hybridized carbons (Fsp3) is 0.400. The Balaban J connectivity index is 2.20. The van der Waals surface area contributed by atoms with Crippen LogP contribution >= 0.6 is 11.3 Å². The number of ether oxygens (including phenoxy) is 1. The first kappa shape index (κ1) is 12.6. The van der Waals surface area contributed by atoms with Gasteiger partial charge in [0.2, 0.25) is 0 Å². The highest BCUT2D eigenvalue weighted by molar-refractivity contribution is 7.89. The molecular formula is C10H12N4O3S2. The van der Waals surface area contributed by atoms with Crippen molar-refractivity contribution >= 4 is 21.4 Å². The van der Waals surface area contributed by atoms with Crippen molar-refractivity contribution in [3.8, 4) is 16.5 Å². The van der Waals surface area contributed by atoms with E-state index in [9.17, 15) is 8.42 Å². The van der Waals surface area contributed by atoms with E-state index < -0.39 is 10.0 Å². The molecule has 0 aromatic carbocycles. The third-order valence-electron chi connectivity index (χ3n) is 2.88. The average molecular weight is 300 g/mol. The van der Waals surface area contributed by atoms with Crippen LogP contribution in [0.3, 0.4) is 0 Å². The molecule has 0 amide bonds. The van der Waals surface area contributed by atoms with Crippen LogP contribution in [0, 0.1) is 0 Å². The molecule has 1 saturated carbocycles. The summed E-state index contributed by atoms with van der Waals surface area (Å²) in [6.07, 6.45) is 1.81. The minimum absolute atomic E-state index is 0.102. The van der Waals surface area contributed by atoms with Gasteiger partial charge in [-0.15, -0.1) is 21.5 Å². The number of primary sulfonamides is 1. The summed E-state index contributed by atoms with van der Waals surface area (Å²) in [7, 11) is -2.32. The second-order valence-corrected chi connectivity index (χ2v) is 6.64. The van der Waals surface area contributed by atoms with E-state index in [1.54, 1.807) is 11.7 Å². The van der Waals surface area contributed by atoms with Gasteiger partial charge in [-0.1, -0.05) is 0 Å². The molecule has 102 valence electrons. The van der Waals surface area contributed by atoms with E-state index in [-0.39, 0.29) is 11.2 Å². The second-order valence-electron chi connectivity index (χ2n) is 4.27. The lowest BCUT2D eigenvalue weighted by atomic mass is 10.4. The number of nitrogens with two attached hydrogens (primary N) is 1. The van der Waals surface area contributed by atoms with Crippen LogP contribution in [0.4, 0.5) is 0 Å². The molecule has 2 aromatic rings. The lowest BCUT2D eigenvalue weighted by Gasteiger charge is -2.07. The van der Waals surface area contributed by atoms with Crippen molar-refractivity contribution in [3.63, 3.8) is 0 Å². The molecule has 2 heterocycles. The van der Waals surface area contributed by atoms with Gasteiger partial charge in [0.05, 0.1) is 7.11 Å². The van der Waals surface area contributed by atoms with E-state index in [1.807, 2.05) is 11.4 Å². The Morgan fingerprint density at radius 2 is 2.21 bits per heavy atom. The molecule has 2 N–H and O–H groups in total. The van der Waals surface area contributed by atoms with Gasteiger partial charge in [-0.2, -0.15) is 0 Å². The van der Waals surface area contributed by atoms with Crippen LogP contribution in [-0.4, -0.2) is 30.3 Å². The Morgan fingerprint density at radius 3 is 2.79 bits per heavy atom. The molecule has 0 bridgehead atoms. The molecule has 2 aromatic heterocycles. The first-order valence-electron chi connectivity index (χ1n) is 5.62. The summed E-state index contributed by atoms with van der Waals surface area (Å²) >= 11 is 1.43. The van der Waals surface area contributed by atoms with Crippen LogP contribution in [-0.2, 0) is 10.0 Å². The fourth-order valence-corrected chi connectivity index (χ4v) is 3.41. The van der Waals surface area contributed by atoms with E-state index in [4.69, 9.17) is 9.88 Å². The average Bonchev–Trinajstić information content (AvgIpc) is 2.92. The van der Waals surface area contributed by atoms with Gasteiger partial charge < -0.3 is 4.74 Å². The van der Waals surface area contributed by atoms with Crippen molar-refractivity contribution in [2.75, 3.05) is 7.11 Å². The number of hydrogen-bond donors (Lipinski definition) is 1. The molecule has 1 aliphatic rings. The van der Waals surface area contributed by atoms with Gasteiger partial charge in [-0.25, -0.2) is 13.6 Å². The van der Waals surface area contributed by atoms with Crippen LogP contribution in [0.15, 0.2) is 16.6 Å². The van der Waals surface area contributed by atoms with Gasteiger partial charge in [0, 0.05) is 6.04 Å². The Kier molecular flexibility index (Phi) is 2.84. The smallest absolute Gasteiger partial charge is 0.273 e. The van der Waals surface area contributed by atoms with Gasteiger partial charge in [0.1, 0.15) is 10.6 Å². The van der Waals surface area contributed by atoms with Gasteiger partial charge in [-0.05, 0) is 24.3 Å². The van der Waals surface area contributed by atoms with Gasteiger partial charge in [0.25, 0.3) is 15.2 Å². The van der Waals surface area contributed by atoms with Crippen molar-refractivity contribution in [2.45, 2.75) is 24.0 Å². The maximum atomic E-state index is 11.5. The van der Waals surface area contributed by atoms with Crippen LogP contribution < -0.4 is 9.88 Å². The highest BCUT2D eigenvalue weighted by Crippen LogP contribution is 2.42. The van der Waals surface area contributed by atoms with E-state index >= 15 is 0 Å². The summed E-state index contributed by atoms with van der Waals surface area (Å²) in [5.74, 6) is 1.15. The quantitative estimate of drug-likeness (QED) is 0.907. The Bertz CT molecular complexity index is 715. The number of sulfonamides is 1. The lowest BCUT2D eigenvalue weighted by molar-refractivity contribution is 0.417. The summed E-state index contributed by atoms with van der Waals surface area (Å²) < 4.78 is 29.9. The predicted octanol–water partition coefficient (Wildman–Crippen LogP) is 0.997. The number of nitrogens with zero attached hydrogens (tertiary/aromatic N) is 3. The molecule has 0 radical (unpaired) electrons. The van der Waals surface area contributed by atoms with E-state index in [0.717, 1.165) is 17.7 Å². The molecule has 0 spiro atoms. The third kappa shape index (κ3) is 2.13. The maximum Gasteiger partial charge on any atom is 0.273 e. The standard InChI is InChI=1S/C10H12N4O3S2/c1-17-7-4-5-18-8(7)9-12-13-10(19(11,15)16)14(9)6-2-3-6/h4-6H,2-3H2,1H3,(H2,11,15,16). The number of rotatable bonds is 4. The molecule has 0 unspecified atom stereocenters. The van der Waals surface area contributed by atoms with Crippen molar-refractivity contribution in [1.29, 1.82) is 0 Å². The minimum Gasteiger partial charge on any atom is -0.495 e. The van der Waals surface area contributed by atoms with E-state index in [0.29, 0.717) is 11.6 Å². The molecular weight excluding hydrogens is 288 g/mol. The second kappa shape index (κ2) is 4.29. The summed E-state index contributed by atoms with van der Waals surface area (Å²) in [5, 5.41) is 14.6. The number of aromatic nitrogens is 3. The monoisotopic (exact) mass is 300 g/mol. The zero-order valence-corrected chi connectivity index (χ0v) is 11.7. The van der Waals surface area contributed by atoms with Gasteiger partial charge >= 0.3 is 0 Å². The summed E-state index contributed by atoms with van der Waals surface area (Å²) in [6, 6.07) is 1.91. The largest absolute Gasteiger partial charge is 0.495 e. The predicted molar refractivity (Wildman–Crippen MR) is 69.5 cm³/mol. The zero-order valence-electron chi connectivity index (χ0n) is 10.1. The zero-order chi connectivity index (χ0) is 13.6. The molecule has 0 atom stereocenters. The Labute approximate surface area is 114 Å². The van der Waals surface area contributed by atoms with Crippen LogP contribution in [0.2, 0.25) is 0 Å². The number of thiophene rings is 1. The van der Waals surface area contributed by atoms with Crippen molar-refractivity contribution < 1.29 is 13.2 Å². The Hall–Kier alpha value is -1.45. The van der Waals surface area contributed by atoms with Crippen LogP contribution in [0.5, 0.6) is 5.75 Å². The van der Waals surface area contributed by atoms with Gasteiger partial charge in [-0.3, -0.25) is 4.57 Å². The molecule has 1 aliphatic carbocycles. The number of methoxy groups -OCH3 is 1. The summed E-state index contributed by atoms with van der Waals surface area (Å²) in [6.45, 7) is 0. The topological polar surface area (TPSA) is 100 Å². The molecule has 1 fully saturated rings. The third-order valence-corrected chi connectivity index (χ3v) is 4.56. The minimum atomic E-state index is -3.88. The molecule has 9 heteroatoms. The SMILES string of the molecule is COc1ccsc1-c1nnc(S(N)(=O)=O)n1C1CC1. The molecule has 0 aliphatic heterocycles. The van der Waals surface area contributed by atoms with E-state index in [1.165, 1.54) is 11.3 Å². The van der Waals surface area contributed by atoms with Gasteiger partial charge in [0.15, 0.2) is 5.82 Å². The van der Waals surface area contributed by atoms with Crippen molar-refractivity contribution in [2.24, 2.45) is 5.14 Å². The highest BCUT2D eigenvalue weighted by Gasteiger charge is 2.34. The molecule has 19 heavy (non-hydrogen) atoms. The first-order chi connectivity index (χ1) is 9.02. The molecule has 3 rings (SSSR count). The highest BCUT2D eigenvalue weighted by atomic mass is 32.2. The number of hydrogen-bond acceptors (Lipinski definition) is 6.